The number of aliphatic hydroxyl groups is 1. The van der Waals surface area contributed by atoms with Gasteiger partial charge in [-0.1, -0.05) is 0 Å². The van der Waals surface area contributed by atoms with E-state index < -0.39 is 5.60 Å². The zero-order chi connectivity index (χ0) is 11.6. The van der Waals surface area contributed by atoms with E-state index in [1.54, 1.807) is 11.3 Å². The van der Waals surface area contributed by atoms with Crippen LogP contribution in [-0.4, -0.2) is 28.8 Å². The highest BCUT2D eigenvalue weighted by Gasteiger charge is 2.19. The Labute approximate surface area is 95.8 Å². The number of anilines is 1. The van der Waals surface area contributed by atoms with Crippen molar-refractivity contribution >= 4 is 16.5 Å². The summed E-state index contributed by atoms with van der Waals surface area (Å²) >= 11 is 1.69. The van der Waals surface area contributed by atoms with Crippen molar-refractivity contribution in [2.75, 3.05) is 18.0 Å². The highest BCUT2D eigenvalue weighted by molar-refractivity contribution is 7.15. The van der Waals surface area contributed by atoms with Crippen molar-refractivity contribution in [1.82, 2.24) is 4.98 Å². The third kappa shape index (κ3) is 3.47. The molecule has 0 aromatic carbocycles. The van der Waals surface area contributed by atoms with Gasteiger partial charge in [-0.3, -0.25) is 0 Å². The quantitative estimate of drug-likeness (QED) is 0.859. The minimum absolute atomic E-state index is 0.621. The van der Waals surface area contributed by atoms with Gasteiger partial charge in [-0.15, -0.1) is 11.3 Å². The van der Waals surface area contributed by atoms with Gasteiger partial charge in [0.15, 0.2) is 5.13 Å². The summed E-state index contributed by atoms with van der Waals surface area (Å²) in [7, 11) is 0. The molecule has 0 fully saturated rings. The van der Waals surface area contributed by atoms with Crippen LogP contribution in [-0.2, 0) is 0 Å². The van der Waals surface area contributed by atoms with Crippen LogP contribution in [0, 0.1) is 13.8 Å². The van der Waals surface area contributed by atoms with Crippen molar-refractivity contribution in [3.8, 4) is 0 Å². The zero-order valence-corrected chi connectivity index (χ0v) is 11.0. The Hall–Kier alpha value is -0.610. The highest BCUT2D eigenvalue weighted by atomic mass is 32.1. The fraction of sp³-hybridized carbons (Fsp3) is 0.727. The molecule has 1 aromatic heterocycles. The van der Waals surface area contributed by atoms with Crippen molar-refractivity contribution in [3.05, 3.63) is 10.6 Å². The number of nitrogens with zero attached hydrogens (tertiary/aromatic N) is 2. The lowest BCUT2D eigenvalue weighted by molar-refractivity contribution is 0.0876. The maximum atomic E-state index is 9.79. The van der Waals surface area contributed by atoms with E-state index in [0.29, 0.717) is 6.54 Å². The third-order valence-electron chi connectivity index (χ3n) is 2.25. The summed E-state index contributed by atoms with van der Waals surface area (Å²) in [5.41, 5.74) is 0.410. The lowest BCUT2D eigenvalue weighted by Crippen LogP contribution is -2.38. The Morgan fingerprint density at radius 3 is 2.33 bits per heavy atom. The third-order valence-corrected chi connectivity index (χ3v) is 3.38. The van der Waals surface area contributed by atoms with Gasteiger partial charge in [-0.05, 0) is 34.6 Å². The lowest BCUT2D eigenvalue weighted by Gasteiger charge is -2.27. The Balaban J connectivity index is 2.83. The second-order valence-corrected chi connectivity index (χ2v) is 5.65. The maximum Gasteiger partial charge on any atom is 0.185 e. The molecule has 0 spiro atoms. The Bertz CT molecular complexity index is 308. The summed E-state index contributed by atoms with van der Waals surface area (Å²) in [5, 5.41) is 10.8. The van der Waals surface area contributed by atoms with E-state index in [4.69, 9.17) is 0 Å². The Morgan fingerprint density at radius 2 is 2.00 bits per heavy atom. The molecular formula is C11H20N2OS. The fourth-order valence-corrected chi connectivity index (χ4v) is 2.35. The van der Waals surface area contributed by atoms with Crippen molar-refractivity contribution in [2.24, 2.45) is 0 Å². The van der Waals surface area contributed by atoms with Crippen molar-refractivity contribution in [1.29, 1.82) is 0 Å². The molecule has 3 nitrogen and oxygen atoms in total. The topological polar surface area (TPSA) is 36.4 Å². The number of aromatic nitrogens is 1. The highest BCUT2D eigenvalue weighted by Crippen LogP contribution is 2.26. The number of likely N-dealkylation sites (N-methyl/N-ethyl adjacent to an activating group) is 1. The first-order valence-corrected chi connectivity index (χ1v) is 6.06. The summed E-state index contributed by atoms with van der Waals surface area (Å²) < 4.78 is 0. The van der Waals surface area contributed by atoms with Crippen molar-refractivity contribution in [3.63, 3.8) is 0 Å². The first-order chi connectivity index (χ1) is 6.83. The molecule has 4 heteroatoms. The molecule has 0 saturated heterocycles. The van der Waals surface area contributed by atoms with Gasteiger partial charge in [0.25, 0.3) is 0 Å². The van der Waals surface area contributed by atoms with E-state index in [9.17, 15) is 5.11 Å². The van der Waals surface area contributed by atoms with E-state index in [1.165, 1.54) is 4.88 Å². The van der Waals surface area contributed by atoms with Crippen LogP contribution in [0.15, 0.2) is 0 Å². The first kappa shape index (κ1) is 12.5. The molecule has 0 radical (unpaired) electrons. The molecule has 0 unspecified atom stereocenters. The first-order valence-electron chi connectivity index (χ1n) is 5.25. The molecule has 0 aliphatic carbocycles. The van der Waals surface area contributed by atoms with Crippen LogP contribution in [0.5, 0.6) is 0 Å². The number of rotatable bonds is 4. The standard InChI is InChI=1S/C11H20N2OS/c1-6-13(7-11(4,5)14)10-12-8(2)9(3)15-10/h14H,6-7H2,1-5H3. The van der Waals surface area contributed by atoms with E-state index in [0.717, 1.165) is 17.4 Å². The second-order valence-electron chi connectivity index (χ2n) is 4.46. The molecule has 0 aliphatic rings. The molecule has 1 N–H and O–H groups in total. The van der Waals surface area contributed by atoms with E-state index in [1.807, 2.05) is 20.8 Å². The van der Waals surface area contributed by atoms with Crippen LogP contribution in [0.3, 0.4) is 0 Å². The summed E-state index contributed by atoms with van der Waals surface area (Å²) in [6.45, 7) is 11.3. The lowest BCUT2D eigenvalue weighted by atomic mass is 10.1. The summed E-state index contributed by atoms with van der Waals surface area (Å²) in [5.74, 6) is 0. The maximum absolute atomic E-state index is 9.79. The predicted octanol–water partition coefficient (Wildman–Crippen LogP) is 2.36. The van der Waals surface area contributed by atoms with Gasteiger partial charge >= 0.3 is 0 Å². The van der Waals surface area contributed by atoms with E-state index in [-0.39, 0.29) is 0 Å². The van der Waals surface area contributed by atoms with Crippen LogP contribution in [0.4, 0.5) is 5.13 Å². The molecule has 1 aromatic rings. The minimum atomic E-state index is -0.677. The normalized spacial score (nSPS) is 11.9. The largest absolute Gasteiger partial charge is 0.389 e. The summed E-state index contributed by atoms with van der Waals surface area (Å²) in [6.07, 6.45) is 0. The smallest absolute Gasteiger partial charge is 0.185 e. The molecule has 15 heavy (non-hydrogen) atoms. The molecule has 0 aliphatic heterocycles. The average molecular weight is 228 g/mol. The monoisotopic (exact) mass is 228 g/mol. The number of hydrogen-bond acceptors (Lipinski definition) is 4. The summed E-state index contributed by atoms with van der Waals surface area (Å²) in [4.78, 5) is 7.86. The molecule has 1 rings (SSSR count). The van der Waals surface area contributed by atoms with Gasteiger partial charge in [-0.25, -0.2) is 4.98 Å². The van der Waals surface area contributed by atoms with Crippen molar-refractivity contribution < 1.29 is 5.11 Å². The summed E-state index contributed by atoms with van der Waals surface area (Å²) in [6, 6.07) is 0. The van der Waals surface area contributed by atoms with Crippen LogP contribution in [0.25, 0.3) is 0 Å². The van der Waals surface area contributed by atoms with Gasteiger partial charge in [0.2, 0.25) is 0 Å². The van der Waals surface area contributed by atoms with Crippen molar-refractivity contribution in [2.45, 2.75) is 40.2 Å². The SMILES string of the molecule is CCN(CC(C)(C)O)c1nc(C)c(C)s1. The van der Waals surface area contributed by atoms with E-state index >= 15 is 0 Å². The van der Waals surface area contributed by atoms with Gasteiger partial charge < -0.3 is 10.0 Å². The van der Waals surface area contributed by atoms with Crippen LogP contribution in [0.2, 0.25) is 0 Å². The number of thiazole rings is 1. The molecular weight excluding hydrogens is 208 g/mol. The van der Waals surface area contributed by atoms with Gasteiger partial charge in [0.1, 0.15) is 0 Å². The van der Waals surface area contributed by atoms with Gasteiger partial charge in [-0.2, -0.15) is 0 Å². The zero-order valence-electron chi connectivity index (χ0n) is 10.2. The van der Waals surface area contributed by atoms with Gasteiger partial charge in [0.05, 0.1) is 11.3 Å². The van der Waals surface area contributed by atoms with Crippen LogP contribution < -0.4 is 4.90 Å². The second kappa shape index (κ2) is 4.49. The fourth-order valence-electron chi connectivity index (χ4n) is 1.37. The van der Waals surface area contributed by atoms with E-state index in [2.05, 4.69) is 23.7 Å². The molecule has 0 amide bonds. The average Bonchev–Trinajstić information content (AvgIpc) is 2.41. The molecule has 0 bridgehead atoms. The van der Waals surface area contributed by atoms with Crippen LogP contribution >= 0.6 is 11.3 Å². The minimum Gasteiger partial charge on any atom is -0.389 e. The molecule has 86 valence electrons. The Kier molecular flexibility index (Phi) is 3.73. The molecule has 0 atom stereocenters. The van der Waals surface area contributed by atoms with Gasteiger partial charge in [0, 0.05) is 18.0 Å². The molecule has 1 heterocycles. The predicted molar refractivity (Wildman–Crippen MR) is 65.8 cm³/mol. The Morgan fingerprint density at radius 1 is 1.40 bits per heavy atom. The number of aryl methyl sites for hydroxylation is 2. The number of hydrogen-bond donors (Lipinski definition) is 1. The molecule has 0 saturated carbocycles. The van der Waals surface area contributed by atoms with Crippen LogP contribution in [0.1, 0.15) is 31.3 Å².